The summed E-state index contributed by atoms with van der Waals surface area (Å²) in [6.45, 7) is 1.94. The minimum absolute atomic E-state index is 0.114. The number of aliphatic carboxylic acids is 1. The third-order valence-corrected chi connectivity index (χ3v) is 9.84. The highest BCUT2D eigenvalue weighted by Crippen LogP contribution is 2.18. The van der Waals surface area contributed by atoms with E-state index in [1.165, 1.54) is 41.9 Å². The number of fused-ring (bicyclic) bond motifs is 18. The molecule has 4 heterocycles. The number of amides is 5. The number of carbonyl (C=O) groups excluding carboxylic acids is 7. The summed E-state index contributed by atoms with van der Waals surface area (Å²) >= 11 is 1.25. The van der Waals surface area contributed by atoms with Gasteiger partial charge in [0, 0.05) is 50.1 Å². The number of nitrogens with one attached hydrogen (secondary N) is 5. The number of carboxylic acid groups (broad SMARTS) is 1. The van der Waals surface area contributed by atoms with Gasteiger partial charge in [-0.05, 0) is 46.8 Å². The number of benzene rings is 2. The Hall–Kier alpha value is -6.76. The van der Waals surface area contributed by atoms with Crippen molar-refractivity contribution in [2.75, 3.05) is 5.32 Å². The van der Waals surface area contributed by atoms with Gasteiger partial charge in [0.2, 0.25) is 29.9 Å². The van der Waals surface area contributed by atoms with E-state index in [0.29, 0.717) is 21.5 Å². The van der Waals surface area contributed by atoms with Gasteiger partial charge in [-0.1, -0.05) is 47.9 Å². The van der Waals surface area contributed by atoms with Gasteiger partial charge in [-0.2, -0.15) is 0 Å². The molecule has 6 atom stereocenters. The van der Waals surface area contributed by atoms with Crippen molar-refractivity contribution in [2.24, 2.45) is 0 Å². The molecule has 59 heavy (non-hydrogen) atoms. The van der Waals surface area contributed by atoms with Crippen molar-refractivity contribution in [1.82, 2.24) is 21.3 Å². The molecule has 2 aliphatic heterocycles. The van der Waals surface area contributed by atoms with E-state index in [4.69, 9.17) is 21.7 Å². The molecular weight excluding hydrogens is 785 g/mol. The lowest BCUT2D eigenvalue weighted by molar-refractivity contribution is -0.173. The molecule has 6 rings (SSSR count). The summed E-state index contributed by atoms with van der Waals surface area (Å²) in [6, 6.07) is 12.9. The van der Waals surface area contributed by atoms with Crippen molar-refractivity contribution in [3.63, 3.8) is 0 Å². The van der Waals surface area contributed by atoms with E-state index >= 15 is 0 Å². The van der Waals surface area contributed by atoms with Crippen LogP contribution < -0.4 is 32.0 Å². The maximum atomic E-state index is 14.3. The number of thiophene rings is 1. The fourth-order valence-electron chi connectivity index (χ4n) is 6.08. The molecule has 0 fully saturated rings. The van der Waals surface area contributed by atoms with Crippen LogP contribution in [0.15, 0.2) is 88.9 Å². The Labute approximate surface area is 343 Å². The predicted octanol–water partition coefficient (Wildman–Crippen LogP) is 0.245. The average molecular weight is 826 g/mol. The van der Waals surface area contributed by atoms with E-state index in [1.807, 2.05) is 0 Å². The van der Waals surface area contributed by atoms with Crippen LogP contribution in [-0.2, 0) is 73.5 Å². The summed E-state index contributed by atoms with van der Waals surface area (Å²) in [4.78, 5) is 108. The number of hydrogen-bond acceptors (Lipinski definition) is 12. The highest BCUT2D eigenvalue weighted by molar-refractivity contribution is 7.09. The number of hydrogen-bond donors (Lipinski definition) is 6. The summed E-state index contributed by atoms with van der Waals surface area (Å²) in [5.41, 5.74) is 1.49. The largest absolute Gasteiger partial charge is 0.480 e. The summed E-state index contributed by atoms with van der Waals surface area (Å²) < 4.78 is 15.9. The minimum atomic E-state index is -2.10. The zero-order valence-corrected chi connectivity index (χ0v) is 32.6. The Bertz CT molecular complexity index is 2150. The highest BCUT2D eigenvalue weighted by Gasteiger charge is 2.41. The zero-order chi connectivity index (χ0) is 42.6. The SMILES string of the molecule is [B]c1ccc(C[C@@H]2NC(=O)[C@@H](Cc3cccs3)NC(=O)[C@H](OC(C)=O)[C@@H](OC(C)=O)C(=O)Nc3ccc(cc3)C[C@H](C(=O)O)NC(=O)[C@@H](Cc3ccco3)NC2=O)cc1. The number of furan rings is 1. The van der Waals surface area contributed by atoms with E-state index in [-0.39, 0.29) is 37.1 Å². The third-order valence-electron chi connectivity index (χ3n) is 8.94. The van der Waals surface area contributed by atoms with Gasteiger partial charge >= 0.3 is 17.9 Å². The molecule has 19 heteroatoms. The molecule has 2 radical (unpaired) electrons. The number of anilines is 1. The van der Waals surface area contributed by atoms with Crippen LogP contribution in [0.1, 0.15) is 35.6 Å². The first-order chi connectivity index (χ1) is 28.1. The molecule has 17 nitrogen and oxygen atoms in total. The first-order valence-corrected chi connectivity index (χ1v) is 19.1. The van der Waals surface area contributed by atoms with Crippen LogP contribution in [0, 0.1) is 0 Å². The lowest BCUT2D eigenvalue weighted by atomic mass is 9.93. The monoisotopic (exact) mass is 825 g/mol. The summed E-state index contributed by atoms with van der Waals surface area (Å²) in [5.74, 6) is -8.04. The average Bonchev–Trinajstić information content (AvgIpc) is 3.91. The quantitative estimate of drug-likeness (QED) is 0.0756. The molecule has 4 aromatic rings. The smallest absolute Gasteiger partial charge is 0.326 e. The normalized spacial score (nSPS) is 22.0. The van der Waals surface area contributed by atoms with Crippen LogP contribution in [-0.4, -0.2) is 96.8 Å². The van der Waals surface area contributed by atoms with E-state index in [1.54, 1.807) is 53.9 Å². The van der Waals surface area contributed by atoms with Crippen LogP contribution in [0.25, 0.3) is 0 Å². The van der Waals surface area contributed by atoms with Gasteiger partial charge in [0.1, 0.15) is 37.8 Å². The lowest BCUT2D eigenvalue weighted by Crippen LogP contribution is -2.60. The molecule has 2 aromatic heterocycles. The van der Waals surface area contributed by atoms with Gasteiger partial charge in [-0.15, -0.1) is 11.3 Å². The van der Waals surface area contributed by atoms with Gasteiger partial charge in [-0.25, -0.2) is 4.79 Å². The molecule has 0 saturated heterocycles. The molecule has 0 saturated carbocycles. The summed E-state index contributed by atoms with van der Waals surface area (Å²) in [7, 11) is 5.88. The first-order valence-electron chi connectivity index (χ1n) is 18.2. The van der Waals surface area contributed by atoms with Gasteiger partial charge in [0.25, 0.3) is 11.8 Å². The number of esters is 2. The van der Waals surface area contributed by atoms with Crippen molar-refractivity contribution in [3.05, 3.63) is 106 Å². The fraction of sp³-hybridized carbons (Fsp3) is 0.300. The van der Waals surface area contributed by atoms with Crippen LogP contribution in [0.3, 0.4) is 0 Å². The van der Waals surface area contributed by atoms with Gasteiger partial charge in [0.05, 0.1) is 6.26 Å². The Balaban J connectivity index is 1.59. The van der Waals surface area contributed by atoms with Crippen LogP contribution >= 0.6 is 11.3 Å². The molecule has 306 valence electrons. The van der Waals surface area contributed by atoms with E-state index in [9.17, 15) is 43.5 Å². The van der Waals surface area contributed by atoms with Crippen LogP contribution in [0.5, 0.6) is 0 Å². The van der Waals surface area contributed by atoms with Crippen molar-refractivity contribution < 1.29 is 57.4 Å². The molecule has 2 aliphatic rings. The topological polar surface area (TPSA) is 249 Å². The van der Waals surface area contributed by atoms with E-state index in [2.05, 4.69) is 26.6 Å². The second kappa shape index (κ2) is 20.1. The Kier molecular flexibility index (Phi) is 14.8. The molecule has 5 amide bonds. The Morgan fingerprint density at radius 3 is 1.85 bits per heavy atom. The second-order valence-corrected chi connectivity index (χ2v) is 14.6. The van der Waals surface area contributed by atoms with Crippen molar-refractivity contribution >= 4 is 77.8 Å². The highest BCUT2D eigenvalue weighted by atomic mass is 32.1. The van der Waals surface area contributed by atoms with E-state index in [0.717, 1.165) is 13.8 Å². The van der Waals surface area contributed by atoms with Crippen LogP contribution in [0.2, 0.25) is 0 Å². The van der Waals surface area contributed by atoms with Crippen molar-refractivity contribution in [1.29, 1.82) is 0 Å². The number of carboxylic acids is 1. The first kappa shape index (κ1) is 43.4. The Morgan fingerprint density at radius 1 is 0.712 bits per heavy atom. The zero-order valence-electron chi connectivity index (χ0n) is 31.8. The van der Waals surface area contributed by atoms with Crippen molar-refractivity contribution in [2.45, 2.75) is 75.9 Å². The maximum absolute atomic E-state index is 14.3. The van der Waals surface area contributed by atoms with E-state index < -0.39 is 83.8 Å². The molecule has 6 N–H and O–H groups in total. The van der Waals surface area contributed by atoms with Crippen LogP contribution in [0.4, 0.5) is 5.69 Å². The molecule has 0 aliphatic carbocycles. The number of carbonyl (C=O) groups is 8. The van der Waals surface area contributed by atoms with Gasteiger partial charge in [-0.3, -0.25) is 33.6 Å². The standard InChI is InChI=1S/C40H40BN5O12S/c1-21(47)57-33-34(58-22(2)48)39(53)45-31(20-28-6-4-16-59-28)37(51)43-29(17-23-7-11-25(41)12-8-23)35(49)44-30(19-27-5-3-15-56-27)36(50)46-32(40(54)55)18-24-9-13-26(14-10-24)42-38(33)52/h3-16,29-34H,17-20H2,1-2H3,(H,42,52)(H,43,51)(H,44,49)(H,45,53)(H,46,50)(H,54,55)/t29-,30+,31+,32+,33+,34+/m0/s1. The van der Waals surface area contributed by atoms with Gasteiger partial charge in [0.15, 0.2) is 0 Å². The summed E-state index contributed by atoms with van der Waals surface area (Å²) in [5, 5.41) is 24.6. The minimum Gasteiger partial charge on any atom is -0.480 e. The molecule has 2 aromatic carbocycles. The number of ether oxygens (including phenoxy) is 2. The molecule has 0 spiro atoms. The summed E-state index contributed by atoms with van der Waals surface area (Å²) in [6.07, 6.45) is -3.53. The third kappa shape index (κ3) is 12.6. The molecule has 0 unspecified atom stereocenters. The Morgan fingerprint density at radius 2 is 1.29 bits per heavy atom. The predicted molar refractivity (Wildman–Crippen MR) is 211 cm³/mol. The van der Waals surface area contributed by atoms with Gasteiger partial charge < -0.3 is 45.6 Å². The molecular formula is C40H40BN5O12S. The maximum Gasteiger partial charge on any atom is 0.326 e. The second-order valence-electron chi connectivity index (χ2n) is 13.5. The molecule has 2 bridgehead atoms. The lowest BCUT2D eigenvalue weighted by Gasteiger charge is -2.28. The fourth-order valence-corrected chi connectivity index (χ4v) is 6.84. The van der Waals surface area contributed by atoms with Crippen molar-refractivity contribution in [3.8, 4) is 0 Å². The number of rotatable bonds is 9.